The van der Waals surface area contributed by atoms with E-state index in [1.54, 1.807) is 36.4 Å². The van der Waals surface area contributed by atoms with Gasteiger partial charge in [0.1, 0.15) is 11.5 Å². The van der Waals surface area contributed by atoms with E-state index in [0.717, 1.165) is 0 Å². The molecule has 0 fully saturated rings. The third-order valence-corrected chi connectivity index (χ3v) is 3.16. The van der Waals surface area contributed by atoms with E-state index in [1.807, 2.05) is 0 Å². The van der Waals surface area contributed by atoms with E-state index < -0.39 is 0 Å². The molecule has 0 heterocycles. The molecule has 0 spiro atoms. The smallest absolute Gasteiger partial charge is 0.255 e. The highest BCUT2D eigenvalue weighted by molar-refractivity contribution is 6.30. The van der Waals surface area contributed by atoms with Crippen LogP contribution < -0.4 is 20.5 Å². The van der Waals surface area contributed by atoms with E-state index in [-0.39, 0.29) is 5.91 Å². The van der Waals surface area contributed by atoms with Crippen molar-refractivity contribution in [2.75, 3.05) is 25.3 Å². The number of carbonyl (C=O) groups is 1. The zero-order valence-corrected chi connectivity index (χ0v) is 12.4. The normalized spacial score (nSPS) is 10.0. The Morgan fingerprint density at radius 2 is 1.71 bits per heavy atom. The summed E-state index contributed by atoms with van der Waals surface area (Å²) in [5.41, 5.74) is 7.19. The first-order valence-electron chi connectivity index (χ1n) is 6.13. The second-order valence-electron chi connectivity index (χ2n) is 4.26. The number of nitrogens with two attached hydrogens (primary N) is 1. The summed E-state index contributed by atoms with van der Waals surface area (Å²) in [7, 11) is 3.00. The summed E-state index contributed by atoms with van der Waals surface area (Å²) in [6.45, 7) is 0. The minimum atomic E-state index is -0.281. The lowest BCUT2D eigenvalue weighted by Crippen LogP contribution is -2.13. The molecule has 5 nitrogen and oxygen atoms in total. The molecule has 2 aromatic rings. The fourth-order valence-corrected chi connectivity index (χ4v) is 1.94. The van der Waals surface area contributed by atoms with E-state index in [2.05, 4.69) is 5.32 Å². The lowest BCUT2D eigenvalue weighted by molar-refractivity contribution is 0.102. The van der Waals surface area contributed by atoms with Crippen molar-refractivity contribution < 1.29 is 14.3 Å². The molecule has 2 rings (SSSR count). The first kappa shape index (κ1) is 15.0. The Kier molecular flexibility index (Phi) is 4.55. The molecule has 1 amide bonds. The second-order valence-corrected chi connectivity index (χ2v) is 4.69. The number of methoxy groups -OCH3 is 2. The van der Waals surface area contributed by atoms with Crippen LogP contribution in [0.4, 0.5) is 11.4 Å². The summed E-state index contributed by atoms with van der Waals surface area (Å²) in [4.78, 5) is 12.2. The number of nitrogens with one attached hydrogen (secondary N) is 1. The van der Waals surface area contributed by atoms with Gasteiger partial charge in [-0.25, -0.2) is 0 Å². The second kappa shape index (κ2) is 6.37. The largest absolute Gasteiger partial charge is 0.495 e. The molecule has 3 N–H and O–H groups in total. The number of benzene rings is 2. The fraction of sp³-hybridized carbons (Fsp3) is 0.133. The molecule has 0 aliphatic rings. The summed E-state index contributed by atoms with van der Waals surface area (Å²) in [5, 5.41) is 3.32. The summed E-state index contributed by atoms with van der Waals surface area (Å²) in [6.07, 6.45) is 0. The van der Waals surface area contributed by atoms with E-state index in [0.29, 0.717) is 33.5 Å². The summed E-state index contributed by atoms with van der Waals surface area (Å²) >= 11 is 5.80. The number of carbonyl (C=O) groups excluding carboxylic acids is 1. The SMILES string of the molecule is COc1cc(NC(=O)c2ccc(Cl)cc2)c(OC)cc1N. The van der Waals surface area contributed by atoms with Crippen molar-refractivity contribution in [2.45, 2.75) is 0 Å². The molecular formula is C15H15ClN2O3. The van der Waals surface area contributed by atoms with Crippen LogP contribution in [0.3, 0.4) is 0 Å². The van der Waals surface area contributed by atoms with Gasteiger partial charge in [-0.1, -0.05) is 11.6 Å². The van der Waals surface area contributed by atoms with Crippen molar-refractivity contribution >= 4 is 28.9 Å². The van der Waals surface area contributed by atoms with Gasteiger partial charge in [-0.05, 0) is 24.3 Å². The molecule has 0 saturated carbocycles. The van der Waals surface area contributed by atoms with Crippen LogP contribution in [0.15, 0.2) is 36.4 Å². The molecule has 6 heteroatoms. The molecule has 0 atom stereocenters. The topological polar surface area (TPSA) is 73.6 Å². The highest BCUT2D eigenvalue weighted by atomic mass is 35.5. The van der Waals surface area contributed by atoms with Gasteiger partial charge in [0.05, 0.1) is 25.6 Å². The van der Waals surface area contributed by atoms with Gasteiger partial charge in [0.15, 0.2) is 0 Å². The van der Waals surface area contributed by atoms with Crippen molar-refractivity contribution in [3.8, 4) is 11.5 Å². The van der Waals surface area contributed by atoms with E-state index in [4.69, 9.17) is 26.8 Å². The Bertz CT molecular complexity index is 657. The molecule has 0 aromatic heterocycles. The number of anilines is 2. The summed E-state index contributed by atoms with van der Waals surface area (Å²) in [6, 6.07) is 9.78. The Hall–Kier alpha value is -2.40. The third-order valence-electron chi connectivity index (χ3n) is 2.91. The van der Waals surface area contributed by atoms with Gasteiger partial charge in [-0.15, -0.1) is 0 Å². The Morgan fingerprint density at radius 3 is 2.29 bits per heavy atom. The molecule has 2 aromatic carbocycles. The van der Waals surface area contributed by atoms with Crippen LogP contribution in [0.25, 0.3) is 0 Å². The van der Waals surface area contributed by atoms with Crippen molar-refractivity contribution in [3.63, 3.8) is 0 Å². The van der Waals surface area contributed by atoms with Crippen LogP contribution >= 0.6 is 11.6 Å². The standard InChI is InChI=1S/C15H15ClN2O3/c1-20-13-8-12(14(21-2)7-11(13)17)18-15(19)9-3-5-10(16)6-4-9/h3-8H,17H2,1-2H3,(H,18,19). The number of ether oxygens (including phenoxy) is 2. The van der Waals surface area contributed by atoms with Gasteiger partial charge >= 0.3 is 0 Å². The highest BCUT2D eigenvalue weighted by Gasteiger charge is 2.13. The van der Waals surface area contributed by atoms with Gasteiger partial charge < -0.3 is 20.5 Å². The number of hydrogen-bond donors (Lipinski definition) is 2. The van der Waals surface area contributed by atoms with Crippen molar-refractivity contribution in [3.05, 3.63) is 47.0 Å². The monoisotopic (exact) mass is 306 g/mol. The zero-order valence-electron chi connectivity index (χ0n) is 11.6. The maximum atomic E-state index is 12.2. The molecule has 0 aliphatic heterocycles. The summed E-state index contributed by atoms with van der Waals surface area (Å²) in [5.74, 6) is 0.634. The van der Waals surface area contributed by atoms with Crippen LogP contribution in [0.5, 0.6) is 11.5 Å². The number of nitrogen functional groups attached to an aromatic ring is 1. The molecular weight excluding hydrogens is 292 g/mol. The van der Waals surface area contributed by atoms with E-state index in [1.165, 1.54) is 14.2 Å². The first-order chi connectivity index (χ1) is 10.0. The van der Waals surface area contributed by atoms with Gasteiger partial charge in [-0.3, -0.25) is 4.79 Å². The maximum Gasteiger partial charge on any atom is 0.255 e. The zero-order chi connectivity index (χ0) is 15.4. The van der Waals surface area contributed by atoms with Crippen LogP contribution in [-0.4, -0.2) is 20.1 Å². The average Bonchev–Trinajstić information content (AvgIpc) is 2.49. The number of halogens is 1. The minimum absolute atomic E-state index is 0.281. The Morgan fingerprint density at radius 1 is 1.10 bits per heavy atom. The maximum absolute atomic E-state index is 12.2. The third kappa shape index (κ3) is 3.38. The van der Waals surface area contributed by atoms with Gasteiger partial charge in [0.2, 0.25) is 0 Å². The molecule has 0 aliphatic carbocycles. The lowest BCUT2D eigenvalue weighted by atomic mass is 10.2. The van der Waals surface area contributed by atoms with Crippen LogP contribution in [-0.2, 0) is 0 Å². The lowest BCUT2D eigenvalue weighted by Gasteiger charge is -2.13. The summed E-state index contributed by atoms with van der Waals surface area (Å²) < 4.78 is 10.3. The van der Waals surface area contributed by atoms with Crippen LogP contribution in [0.1, 0.15) is 10.4 Å². The Labute approximate surface area is 127 Å². The van der Waals surface area contributed by atoms with Crippen molar-refractivity contribution in [1.29, 1.82) is 0 Å². The number of amides is 1. The number of hydrogen-bond acceptors (Lipinski definition) is 4. The van der Waals surface area contributed by atoms with E-state index in [9.17, 15) is 4.79 Å². The molecule has 110 valence electrons. The first-order valence-corrected chi connectivity index (χ1v) is 6.51. The van der Waals surface area contributed by atoms with E-state index >= 15 is 0 Å². The number of rotatable bonds is 4. The van der Waals surface area contributed by atoms with Gasteiger partial charge in [-0.2, -0.15) is 0 Å². The molecule has 0 saturated heterocycles. The predicted octanol–water partition coefficient (Wildman–Crippen LogP) is 3.19. The molecule has 0 unspecified atom stereocenters. The highest BCUT2D eigenvalue weighted by Crippen LogP contribution is 2.34. The van der Waals surface area contributed by atoms with Gasteiger partial charge in [0.25, 0.3) is 5.91 Å². The quantitative estimate of drug-likeness (QED) is 0.851. The predicted molar refractivity (Wildman–Crippen MR) is 83.4 cm³/mol. The molecule has 0 bridgehead atoms. The minimum Gasteiger partial charge on any atom is -0.495 e. The fourth-order valence-electron chi connectivity index (χ4n) is 1.81. The van der Waals surface area contributed by atoms with Crippen molar-refractivity contribution in [1.82, 2.24) is 0 Å². The molecule has 21 heavy (non-hydrogen) atoms. The molecule has 0 radical (unpaired) electrons. The van der Waals surface area contributed by atoms with Crippen LogP contribution in [0.2, 0.25) is 5.02 Å². The van der Waals surface area contributed by atoms with Gasteiger partial charge in [0, 0.05) is 22.7 Å². The van der Waals surface area contributed by atoms with Crippen LogP contribution in [0, 0.1) is 0 Å². The van der Waals surface area contributed by atoms with Crippen molar-refractivity contribution in [2.24, 2.45) is 0 Å². The Balaban J connectivity index is 2.29. The average molecular weight is 307 g/mol.